The van der Waals surface area contributed by atoms with Gasteiger partial charge in [0.1, 0.15) is 0 Å². The second-order valence-corrected chi connectivity index (χ2v) is 1.91. The quantitative estimate of drug-likeness (QED) is 0.479. The summed E-state index contributed by atoms with van der Waals surface area (Å²) in [6, 6.07) is 0. The molecule has 0 fully saturated rings. The van der Waals surface area contributed by atoms with E-state index >= 15 is 0 Å². The maximum absolute atomic E-state index is 2.16. The zero-order valence-electron chi connectivity index (χ0n) is 5.94. The second-order valence-electron chi connectivity index (χ2n) is 1.91. The molecule has 0 radical (unpaired) electrons. The average molecular weight is 110 g/mol. The molecule has 0 rings (SSSR count). The van der Waals surface area contributed by atoms with Crippen LogP contribution in [0, 0.1) is 0 Å². The van der Waals surface area contributed by atoms with Gasteiger partial charge in [-0.05, 0) is 27.2 Å². The van der Waals surface area contributed by atoms with E-state index in [1.165, 1.54) is 5.57 Å². The van der Waals surface area contributed by atoms with Crippen LogP contribution in [-0.4, -0.2) is 0 Å². The average Bonchev–Trinajstić information content (AvgIpc) is 1.83. The lowest BCUT2D eigenvalue weighted by molar-refractivity contribution is 1.19. The molecule has 0 aliphatic carbocycles. The minimum absolute atomic E-state index is 1.10. The largest absolute Gasteiger partial charge is 0.0913 e. The first kappa shape index (κ1) is 7.48. The van der Waals surface area contributed by atoms with Crippen molar-refractivity contribution in [3.63, 3.8) is 0 Å². The molecule has 0 saturated carbocycles. The molecule has 0 unspecified atom stereocenters. The van der Waals surface area contributed by atoms with E-state index in [-0.39, 0.29) is 0 Å². The molecule has 0 atom stereocenters. The fourth-order valence-corrected chi connectivity index (χ4v) is 0.422. The van der Waals surface area contributed by atoms with Gasteiger partial charge in [0, 0.05) is 0 Å². The molecular formula is C8H14. The molecule has 0 saturated heterocycles. The topological polar surface area (TPSA) is 0 Å². The third-order valence-corrected chi connectivity index (χ3v) is 1.17. The first-order valence-electron chi connectivity index (χ1n) is 3.04. The maximum atomic E-state index is 2.16. The van der Waals surface area contributed by atoms with Crippen molar-refractivity contribution < 1.29 is 0 Å². The number of rotatable bonds is 2. The van der Waals surface area contributed by atoms with E-state index in [9.17, 15) is 0 Å². The zero-order valence-corrected chi connectivity index (χ0v) is 5.94. The molecule has 0 heteroatoms. The molecule has 0 aromatic heterocycles. The Kier molecular flexibility index (Phi) is 4.33. The maximum Gasteiger partial charge on any atom is -0.0142 e. The minimum Gasteiger partial charge on any atom is -0.0913 e. The normalized spacial score (nSPS) is 13.1. The molecule has 0 spiro atoms. The lowest BCUT2D eigenvalue weighted by Gasteiger charge is -1.88. The van der Waals surface area contributed by atoms with Gasteiger partial charge in [0.15, 0.2) is 0 Å². The predicted octanol–water partition coefficient (Wildman–Crippen LogP) is 2.92. The van der Waals surface area contributed by atoms with Crippen molar-refractivity contribution in [2.24, 2.45) is 0 Å². The smallest absolute Gasteiger partial charge is 0.0142 e. The SMILES string of the molecule is CC=CC/C(C)=C\C. The van der Waals surface area contributed by atoms with Crippen LogP contribution < -0.4 is 0 Å². The molecular weight excluding hydrogens is 96.1 g/mol. The molecule has 0 aromatic rings. The highest BCUT2D eigenvalue weighted by atomic mass is 13.8. The van der Waals surface area contributed by atoms with Crippen molar-refractivity contribution in [2.75, 3.05) is 0 Å². The Hall–Kier alpha value is -0.520. The lowest BCUT2D eigenvalue weighted by atomic mass is 10.2. The molecule has 46 valence electrons. The zero-order chi connectivity index (χ0) is 6.41. The summed E-state index contributed by atoms with van der Waals surface area (Å²) in [4.78, 5) is 0. The Labute approximate surface area is 51.9 Å². The van der Waals surface area contributed by atoms with Gasteiger partial charge in [-0.1, -0.05) is 23.8 Å². The van der Waals surface area contributed by atoms with Crippen LogP contribution in [0.25, 0.3) is 0 Å². The van der Waals surface area contributed by atoms with Crippen molar-refractivity contribution in [3.8, 4) is 0 Å². The van der Waals surface area contributed by atoms with E-state index in [2.05, 4.69) is 32.1 Å². The van der Waals surface area contributed by atoms with E-state index in [0.717, 1.165) is 6.42 Å². The Bertz CT molecular complexity index is 96.6. The Morgan fingerprint density at radius 1 is 1.38 bits per heavy atom. The van der Waals surface area contributed by atoms with Crippen LogP contribution in [0.15, 0.2) is 23.8 Å². The van der Waals surface area contributed by atoms with Gasteiger partial charge in [0.2, 0.25) is 0 Å². The van der Waals surface area contributed by atoms with E-state index < -0.39 is 0 Å². The van der Waals surface area contributed by atoms with Crippen LogP contribution >= 0.6 is 0 Å². The number of hydrogen-bond donors (Lipinski definition) is 0. The highest BCUT2D eigenvalue weighted by Crippen LogP contribution is 1.98. The van der Waals surface area contributed by atoms with Gasteiger partial charge in [-0.3, -0.25) is 0 Å². The summed E-state index contributed by atoms with van der Waals surface area (Å²) in [6.45, 7) is 6.25. The summed E-state index contributed by atoms with van der Waals surface area (Å²) in [5.74, 6) is 0. The summed E-state index contributed by atoms with van der Waals surface area (Å²) in [5.41, 5.74) is 1.43. The first-order chi connectivity index (χ1) is 3.81. The van der Waals surface area contributed by atoms with Crippen LogP contribution in [0.5, 0.6) is 0 Å². The Morgan fingerprint density at radius 3 is 2.38 bits per heavy atom. The Morgan fingerprint density at radius 2 is 2.00 bits per heavy atom. The molecule has 0 bridgehead atoms. The molecule has 8 heavy (non-hydrogen) atoms. The standard InChI is InChI=1S/C8H14/c1-4-6-7-8(3)5-2/h4-6H,7H2,1-3H3/b6-4?,8-5-. The van der Waals surface area contributed by atoms with E-state index in [4.69, 9.17) is 0 Å². The summed E-state index contributed by atoms with van der Waals surface area (Å²) in [6.07, 6.45) is 7.48. The third-order valence-electron chi connectivity index (χ3n) is 1.17. The molecule has 0 aromatic carbocycles. The van der Waals surface area contributed by atoms with Crippen molar-refractivity contribution >= 4 is 0 Å². The van der Waals surface area contributed by atoms with Gasteiger partial charge in [0.05, 0.1) is 0 Å². The summed E-state index contributed by atoms with van der Waals surface area (Å²) in [5, 5.41) is 0. The van der Waals surface area contributed by atoms with E-state index in [1.807, 2.05) is 6.92 Å². The fraction of sp³-hybridized carbons (Fsp3) is 0.500. The molecule has 0 aliphatic heterocycles. The molecule has 0 amide bonds. The number of allylic oxidation sites excluding steroid dienone is 4. The van der Waals surface area contributed by atoms with Crippen molar-refractivity contribution in [2.45, 2.75) is 27.2 Å². The summed E-state index contributed by atoms with van der Waals surface area (Å²) < 4.78 is 0. The first-order valence-corrected chi connectivity index (χ1v) is 3.04. The lowest BCUT2D eigenvalue weighted by Crippen LogP contribution is -1.67. The molecule has 0 aliphatic rings. The van der Waals surface area contributed by atoms with Gasteiger partial charge < -0.3 is 0 Å². The molecule has 0 heterocycles. The van der Waals surface area contributed by atoms with Crippen LogP contribution in [0.3, 0.4) is 0 Å². The third kappa shape index (κ3) is 3.66. The predicted molar refractivity (Wildman–Crippen MR) is 38.9 cm³/mol. The van der Waals surface area contributed by atoms with Gasteiger partial charge in [-0.15, -0.1) is 0 Å². The second kappa shape index (κ2) is 4.63. The minimum atomic E-state index is 1.10. The summed E-state index contributed by atoms with van der Waals surface area (Å²) in [7, 11) is 0. The number of hydrogen-bond acceptors (Lipinski definition) is 0. The van der Waals surface area contributed by atoms with E-state index in [1.54, 1.807) is 0 Å². The summed E-state index contributed by atoms with van der Waals surface area (Å²) >= 11 is 0. The van der Waals surface area contributed by atoms with Crippen molar-refractivity contribution in [1.29, 1.82) is 0 Å². The monoisotopic (exact) mass is 110 g/mol. The molecule has 0 N–H and O–H groups in total. The highest BCUT2D eigenvalue weighted by molar-refractivity contribution is 5.01. The van der Waals surface area contributed by atoms with E-state index in [0.29, 0.717) is 0 Å². The van der Waals surface area contributed by atoms with Crippen molar-refractivity contribution in [1.82, 2.24) is 0 Å². The van der Waals surface area contributed by atoms with Crippen LogP contribution in [0.2, 0.25) is 0 Å². The van der Waals surface area contributed by atoms with Crippen LogP contribution in [0.4, 0.5) is 0 Å². The Balaban J connectivity index is 3.40. The van der Waals surface area contributed by atoms with Crippen molar-refractivity contribution in [3.05, 3.63) is 23.8 Å². The van der Waals surface area contributed by atoms with Gasteiger partial charge in [-0.25, -0.2) is 0 Å². The van der Waals surface area contributed by atoms with Gasteiger partial charge in [0.25, 0.3) is 0 Å². The van der Waals surface area contributed by atoms with Crippen LogP contribution in [0.1, 0.15) is 27.2 Å². The van der Waals surface area contributed by atoms with Gasteiger partial charge >= 0.3 is 0 Å². The highest BCUT2D eigenvalue weighted by Gasteiger charge is 1.77. The molecule has 0 nitrogen and oxygen atoms in total. The van der Waals surface area contributed by atoms with Crippen LogP contribution in [-0.2, 0) is 0 Å². The van der Waals surface area contributed by atoms with Gasteiger partial charge in [-0.2, -0.15) is 0 Å². The fourth-order valence-electron chi connectivity index (χ4n) is 0.422.